The number of nitrogens with one attached hydrogen (secondary N) is 2. The highest BCUT2D eigenvalue weighted by molar-refractivity contribution is 9.10. The van der Waals surface area contributed by atoms with Crippen LogP contribution in [0, 0.1) is 0 Å². The van der Waals surface area contributed by atoms with Gasteiger partial charge < -0.3 is 20.1 Å². The van der Waals surface area contributed by atoms with E-state index in [1.165, 1.54) is 0 Å². The van der Waals surface area contributed by atoms with E-state index in [1.807, 2.05) is 42.5 Å². The third-order valence-corrected chi connectivity index (χ3v) is 4.96. The van der Waals surface area contributed by atoms with E-state index in [9.17, 15) is 9.59 Å². The predicted octanol–water partition coefficient (Wildman–Crippen LogP) is 3.69. The van der Waals surface area contributed by atoms with Crippen molar-refractivity contribution in [1.29, 1.82) is 0 Å². The molecule has 0 aliphatic carbocycles. The highest BCUT2D eigenvalue weighted by atomic mass is 79.9. The van der Waals surface area contributed by atoms with E-state index < -0.39 is 0 Å². The smallest absolute Gasteiger partial charge is 0.224 e. The summed E-state index contributed by atoms with van der Waals surface area (Å²) >= 11 is 3.42. The van der Waals surface area contributed by atoms with Crippen LogP contribution in [0.25, 0.3) is 0 Å². The van der Waals surface area contributed by atoms with Gasteiger partial charge in [-0.2, -0.15) is 0 Å². The normalized spacial score (nSPS) is 12.7. The van der Waals surface area contributed by atoms with E-state index in [0.29, 0.717) is 39.0 Å². The first-order chi connectivity index (χ1) is 13.6. The fourth-order valence-electron chi connectivity index (χ4n) is 2.87. The molecule has 28 heavy (non-hydrogen) atoms. The molecule has 0 unspecified atom stereocenters. The monoisotopic (exact) mass is 446 g/mol. The Bertz CT molecular complexity index is 841. The third-order valence-electron chi connectivity index (χ3n) is 4.31. The lowest BCUT2D eigenvalue weighted by Crippen LogP contribution is -2.28. The van der Waals surface area contributed by atoms with Gasteiger partial charge in [0.25, 0.3) is 0 Å². The van der Waals surface area contributed by atoms with Crippen molar-refractivity contribution in [3.05, 3.63) is 52.5 Å². The van der Waals surface area contributed by atoms with Gasteiger partial charge in [-0.15, -0.1) is 0 Å². The fourth-order valence-corrected chi connectivity index (χ4v) is 3.27. The van der Waals surface area contributed by atoms with Crippen LogP contribution < -0.4 is 20.1 Å². The number of ether oxygens (including phenoxy) is 2. The second kappa shape index (κ2) is 10.1. The average molecular weight is 447 g/mol. The lowest BCUT2D eigenvalue weighted by Gasteiger charge is -2.17. The molecule has 7 heteroatoms. The Hall–Kier alpha value is -2.54. The first kappa shape index (κ1) is 20.2. The summed E-state index contributed by atoms with van der Waals surface area (Å²) in [6, 6.07) is 13.3. The Morgan fingerprint density at radius 1 is 1.11 bits per heavy atom. The number of rotatable bonds is 9. The SMILES string of the molecule is O=C(CCCOc1ccccc1Br)NCCOc1ccc2c(c1)CCC(=O)N2. The zero-order chi connectivity index (χ0) is 19.8. The van der Waals surface area contributed by atoms with Gasteiger partial charge in [0.1, 0.15) is 18.1 Å². The Balaban J connectivity index is 1.29. The van der Waals surface area contributed by atoms with Gasteiger partial charge in [-0.1, -0.05) is 12.1 Å². The zero-order valence-corrected chi connectivity index (χ0v) is 17.1. The highest BCUT2D eigenvalue weighted by Crippen LogP contribution is 2.26. The molecule has 2 amide bonds. The molecule has 3 rings (SSSR count). The maximum Gasteiger partial charge on any atom is 0.224 e. The van der Waals surface area contributed by atoms with Crippen molar-refractivity contribution in [2.75, 3.05) is 25.1 Å². The molecule has 2 aromatic carbocycles. The lowest BCUT2D eigenvalue weighted by atomic mass is 10.0. The summed E-state index contributed by atoms with van der Waals surface area (Å²) in [5.41, 5.74) is 1.92. The molecule has 0 atom stereocenters. The number of anilines is 1. The number of carbonyl (C=O) groups excluding carboxylic acids is 2. The largest absolute Gasteiger partial charge is 0.492 e. The Kier molecular flexibility index (Phi) is 7.31. The molecule has 0 aromatic heterocycles. The predicted molar refractivity (Wildman–Crippen MR) is 111 cm³/mol. The van der Waals surface area contributed by atoms with Crippen molar-refractivity contribution in [3.63, 3.8) is 0 Å². The van der Waals surface area contributed by atoms with E-state index >= 15 is 0 Å². The molecule has 2 N–H and O–H groups in total. The molecule has 0 saturated heterocycles. The summed E-state index contributed by atoms with van der Waals surface area (Å²) in [6.45, 7) is 1.32. The standard InChI is InChI=1S/C21H23BrN2O4/c22-17-4-1-2-5-19(17)28-12-3-6-20(25)23-11-13-27-16-8-9-18-15(14-16)7-10-21(26)24-18/h1-2,4-5,8-9,14H,3,6-7,10-13H2,(H,23,25)(H,24,26). The van der Waals surface area contributed by atoms with Crippen LogP contribution in [0.5, 0.6) is 11.5 Å². The highest BCUT2D eigenvalue weighted by Gasteiger charge is 2.15. The Morgan fingerprint density at radius 3 is 2.82 bits per heavy atom. The molecular weight excluding hydrogens is 424 g/mol. The summed E-state index contributed by atoms with van der Waals surface area (Å²) < 4.78 is 12.2. The van der Waals surface area contributed by atoms with Crippen LogP contribution in [0.2, 0.25) is 0 Å². The zero-order valence-electron chi connectivity index (χ0n) is 15.5. The van der Waals surface area contributed by atoms with Crippen LogP contribution in [0.1, 0.15) is 24.8 Å². The minimum atomic E-state index is -0.0209. The number of para-hydroxylation sites is 1. The number of carbonyl (C=O) groups is 2. The van der Waals surface area contributed by atoms with Gasteiger partial charge in [-0.25, -0.2) is 0 Å². The van der Waals surface area contributed by atoms with E-state index in [1.54, 1.807) is 0 Å². The van der Waals surface area contributed by atoms with E-state index in [-0.39, 0.29) is 11.8 Å². The number of fused-ring (bicyclic) bond motifs is 1. The van der Waals surface area contributed by atoms with Gasteiger partial charge in [-0.05, 0) is 64.7 Å². The van der Waals surface area contributed by atoms with Crippen molar-refractivity contribution >= 4 is 33.4 Å². The number of amides is 2. The number of hydrogen-bond donors (Lipinski definition) is 2. The molecular formula is C21H23BrN2O4. The fraction of sp³-hybridized carbons (Fsp3) is 0.333. The van der Waals surface area contributed by atoms with Crippen LogP contribution in [-0.4, -0.2) is 31.6 Å². The minimum Gasteiger partial charge on any atom is -0.492 e. The summed E-state index contributed by atoms with van der Waals surface area (Å²) in [7, 11) is 0. The van der Waals surface area contributed by atoms with Crippen LogP contribution in [-0.2, 0) is 16.0 Å². The molecule has 148 valence electrons. The lowest BCUT2D eigenvalue weighted by molar-refractivity contribution is -0.121. The molecule has 2 aromatic rings. The van der Waals surface area contributed by atoms with Crippen LogP contribution in [0.15, 0.2) is 46.9 Å². The molecule has 0 spiro atoms. The van der Waals surface area contributed by atoms with E-state index in [0.717, 1.165) is 33.6 Å². The van der Waals surface area contributed by atoms with Gasteiger partial charge in [0.15, 0.2) is 0 Å². The van der Waals surface area contributed by atoms with Gasteiger partial charge >= 0.3 is 0 Å². The Labute approximate surface area is 172 Å². The number of benzene rings is 2. The maximum absolute atomic E-state index is 11.9. The van der Waals surface area contributed by atoms with Crippen LogP contribution in [0.4, 0.5) is 5.69 Å². The summed E-state index contributed by atoms with van der Waals surface area (Å²) in [6.07, 6.45) is 2.27. The first-order valence-corrected chi connectivity index (χ1v) is 10.1. The van der Waals surface area contributed by atoms with Crippen LogP contribution in [0.3, 0.4) is 0 Å². The van der Waals surface area contributed by atoms with Gasteiger partial charge in [0.2, 0.25) is 11.8 Å². The summed E-state index contributed by atoms with van der Waals surface area (Å²) in [4.78, 5) is 23.3. The maximum atomic E-state index is 11.9. The first-order valence-electron chi connectivity index (χ1n) is 9.31. The number of halogens is 1. The summed E-state index contributed by atoms with van der Waals surface area (Å²) in [5, 5.41) is 5.69. The molecule has 1 aliphatic heterocycles. The van der Waals surface area contributed by atoms with Gasteiger partial charge in [0.05, 0.1) is 17.6 Å². The minimum absolute atomic E-state index is 0.0209. The van der Waals surface area contributed by atoms with Crippen molar-refractivity contribution in [2.45, 2.75) is 25.7 Å². The number of aryl methyl sites for hydroxylation is 1. The topological polar surface area (TPSA) is 76.7 Å². The Morgan fingerprint density at radius 2 is 1.96 bits per heavy atom. The van der Waals surface area contributed by atoms with Gasteiger partial charge in [0, 0.05) is 18.5 Å². The summed E-state index contributed by atoms with van der Waals surface area (Å²) in [5.74, 6) is 1.55. The molecule has 0 fully saturated rings. The molecule has 1 heterocycles. The molecule has 0 saturated carbocycles. The second-order valence-electron chi connectivity index (χ2n) is 6.45. The van der Waals surface area contributed by atoms with E-state index in [4.69, 9.17) is 9.47 Å². The van der Waals surface area contributed by atoms with Crippen LogP contribution >= 0.6 is 15.9 Å². The van der Waals surface area contributed by atoms with E-state index in [2.05, 4.69) is 26.6 Å². The molecule has 6 nitrogen and oxygen atoms in total. The van der Waals surface area contributed by atoms with Crippen molar-refractivity contribution < 1.29 is 19.1 Å². The second-order valence-corrected chi connectivity index (χ2v) is 7.30. The quantitative estimate of drug-likeness (QED) is 0.575. The third kappa shape index (κ3) is 5.99. The van der Waals surface area contributed by atoms with Crippen molar-refractivity contribution in [3.8, 4) is 11.5 Å². The average Bonchev–Trinajstić information content (AvgIpc) is 2.70. The molecule has 1 aliphatic rings. The van der Waals surface area contributed by atoms with Crippen molar-refractivity contribution in [2.24, 2.45) is 0 Å². The number of hydrogen-bond acceptors (Lipinski definition) is 4. The molecule has 0 radical (unpaired) electrons. The van der Waals surface area contributed by atoms with Gasteiger partial charge in [-0.3, -0.25) is 9.59 Å². The van der Waals surface area contributed by atoms with Crippen molar-refractivity contribution in [1.82, 2.24) is 5.32 Å². The molecule has 0 bridgehead atoms.